The molecular formula is C14H24N4O2S. The van der Waals surface area contributed by atoms with Crippen molar-refractivity contribution in [3.63, 3.8) is 0 Å². The number of nitrogens with zero attached hydrogens (tertiary/aromatic N) is 1. The largest absolute Gasteiger partial charge is 0.399 e. The van der Waals surface area contributed by atoms with E-state index < -0.39 is 10.0 Å². The van der Waals surface area contributed by atoms with E-state index >= 15 is 0 Å². The van der Waals surface area contributed by atoms with Gasteiger partial charge in [0, 0.05) is 24.5 Å². The highest BCUT2D eigenvalue weighted by Gasteiger charge is 2.21. The van der Waals surface area contributed by atoms with Gasteiger partial charge in [-0.1, -0.05) is 6.92 Å². The number of sulfonamides is 1. The van der Waals surface area contributed by atoms with Gasteiger partial charge in [0.05, 0.1) is 4.90 Å². The van der Waals surface area contributed by atoms with E-state index in [1.54, 1.807) is 13.0 Å². The van der Waals surface area contributed by atoms with Crippen LogP contribution in [0.5, 0.6) is 0 Å². The zero-order valence-corrected chi connectivity index (χ0v) is 13.4. The van der Waals surface area contributed by atoms with Gasteiger partial charge >= 0.3 is 0 Å². The lowest BCUT2D eigenvalue weighted by atomic mass is 10.1. The van der Waals surface area contributed by atoms with Gasteiger partial charge in [-0.25, -0.2) is 13.6 Å². The van der Waals surface area contributed by atoms with Crippen molar-refractivity contribution in [2.24, 2.45) is 11.1 Å². The molecule has 1 aromatic carbocycles. The number of likely N-dealkylation sites (tertiary alicyclic amines) is 1. The molecule has 5 N–H and O–H groups in total. The van der Waals surface area contributed by atoms with E-state index in [2.05, 4.69) is 17.1 Å². The molecule has 1 heterocycles. The molecule has 21 heavy (non-hydrogen) atoms. The van der Waals surface area contributed by atoms with Gasteiger partial charge in [-0.2, -0.15) is 0 Å². The molecule has 1 unspecified atom stereocenters. The number of hydrogen-bond donors (Lipinski definition) is 3. The summed E-state index contributed by atoms with van der Waals surface area (Å²) in [5.74, 6) is 0.573. The average molecular weight is 312 g/mol. The van der Waals surface area contributed by atoms with Crippen LogP contribution in [0.1, 0.15) is 18.9 Å². The van der Waals surface area contributed by atoms with E-state index in [-0.39, 0.29) is 4.90 Å². The molecule has 2 rings (SSSR count). The number of nitrogens with one attached hydrogen (secondary N) is 1. The summed E-state index contributed by atoms with van der Waals surface area (Å²) in [7, 11) is -3.76. The first-order chi connectivity index (χ1) is 9.81. The Hall–Kier alpha value is -1.31. The first kappa shape index (κ1) is 16.1. The van der Waals surface area contributed by atoms with Crippen LogP contribution in [0.3, 0.4) is 0 Å². The van der Waals surface area contributed by atoms with Crippen molar-refractivity contribution in [1.82, 2.24) is 4.90 Å². The minimum absolute atomic E-state index is 0.0895. The third-order valence-electron chi connectivity index (χ3n) is 4.09. The number of benzene rings is 1. The van der Waals surface area contributed by atoms with Crippen LogP contribution >= 0.6 is 0 Å². The number of nitrogen functional groups attached to an aromatic ring is 1. The van der Waals surface area contributed by atoms with E-state index in [1.807, 2.05) is 0 Å². The molecule has 1 aliphatic rings. The van der Waals surface area contributed by atoms with Gasteiger partial charge < -0.3 is 16.0 Å². The number of hydrogen-bond acceptors (Lipinski definition) is 5. The summed E-state index contributed by atoms with van der Waals surface area (Å²) >= 11 is 0. The second kappa shape index (κ2) is 6.21. The Morgan fingerprint density at radius 3 is 2.71 bits per heavy atom. The van der Waals surface area contributed by atoms with Crippen molar-refractivity contribution in [3.8, 4) is 0 Å². The topological polar surface area (TPSA) is 101 Å². The molecule has 0 saturated carbocycles. The van der Waals surface area contributed by atoms with Gasteiger partial charge in [0.1, 0.15) is 0 Å². The van der Waals surface area contributed by atoms with Gasteiger partial charge in [-0.15, -0.1) is 0 Å². The highest BCUT2D eigenvalue weighted by molar-refractivity contribution is 7.89. The molecular weight excluding hydrogens is 288 g/mol. The lowest BCUT2D eigenvalue weighted by Crippen LogP contribution is -2.23. The Morgan fingerprint density at radius 2 is 2.14 bits per heavy atom. The molecule has 0 radical (unpaired) electrons. The summed E-state index contributed by atoms with van der Waals surface area (Å²) in [5.41, 5.74) is 7.55. The predicted molar refractivity (Wildman–Crippen MR) is 85.7 cm³/mol. The average Bonchev–Trinajstić information content (AvgIpc) is 2.86. The third kappa shape index (κ3) is 3.87. The molecule has 1 aliphatic heterocycles. The Bertz CT molecular complexity index is 616. The number of primary sulfonamides is 1. The molecule has 0 spiro atoms. The maximum Gasteiger partial charge on any atom is 0.238 e. The van der Waals surface area contributed by atoms with Crippen LogP contribution in [-0.2, 0) is 10.0 Å². The summed E-state index contributed by atoms with van der Waals surface area (Å²) in [6.07, 6.45) is 1.16. The fourth-order valence-corrected chi connectivity index (χ4v) is 3.65. The third-order valence-corrected chi connectivity index (χ3v) is 5.12. The quantitative estimate of drug-likeness (QED) is 0.704. The monoisotopic (exact) mass is 312 g/mol. The molecule has 0 aliphatic carbocycles. The minimum atomic E-state index is -3.76. The Kier molecular flexibility index (Phi) is 4.75. The van der Waals surface area contributed by atoms with Crippen molar-refractivity contribution in [2.45, 2.75) is 25.2 Å². The molecule has 6 nitrogen and oxygen atoms in total. The zero-order valence-electron chi connectivity index (χ0n) is 12.6. The van der Waals surface area contributed by atoms with E-state index in [0.717, 1.165) is 38.3 Å². The maximum absolute atomic E-state index is 11.6. The first-order valence-corrected chi connectivity index (χ1v) is 8.75. The molecule has 0 bridgehead atoms. The summed E-state index contributed by atoms with van der Waals surface area (Å²) in [4.78, 5) is 2.50. The van der Waals surface area contributed by atoms with Crippen LogP contribution in [0, 0.1) is 12.8 Å². The van der Waals surface area contributed by atoms with Crippen molar-refractivity contribution < 1.29 is 8.42 Å². The molecule has 0 amide bonds. The van der Waals surface area contributed by atoms with Gasteiger partial charge in [0.25, 0.3) is 0 Å². The molecule has 1 aromatic rings. The molecule has 1 fully saturated rings. The highest BCUT2D eigenvalue weighted by atomic mass is 32.2. The summed E-state index contributed by atoms with van der Waals surface area (Å²) in [6.45, 7) is 7.99. The summed E-state index contributed by atoms with van der Waals surface area (Å²) < 4.78 is 23.2. The Balaban J connectivity index is 2.12. The Labute approximate surface area is 126 Å². The SMILES string of the molecule is CCN1CCC(CNc2cc(N)cc(S(N)(=O)=O)c2C)C1. The number of rotatable bonds is 5. The molecule has 1 saturated heterocycles. The summed E-state index contributed by atoms with van der Waals surface area (Å²) in [5, 5.41) is 8.56. The van der Waals surface area contributed by atoms with Gasteiger partial charge in [-0.3, -0.25) is 0 Å². The van der Waals surface area contributed by atoms with Crippen molar-refractivity contribution in [3.05, 3.63) is 17.7 Å². The number of anilines is 2. The van der Waals surface area contributed by atoms with Crippen LogP contribution in [0.15, 0.2) is 17.0 Å². The van der Waals surface area contributed by atoms with E-state index in [4.69, 9.17) is 10.9 Å². The number of nitrogens with two attached hydrogens (primary N) is 2. The molecule has 0 aromatic heterocycles. The zero-order chi connectivity index (χ0) is 15.6. The lowest BCUT2D eigenvalue weighted by molar-refractivity contribution is 0.345. The van der Waals surface area contributed by atoms with Gasteiger partial charge in [-0.05, 0) is 50.0 Å². The maximum atomic E-state index is 11.6. The van der Waals surface area contributed by atoms with Crippen molar-refractivity contribution >= 4 is 21.4 Å². The van der Waals surface area contributed by atoms with Crippen LogP contribution in [0.25, 0.3) is 0 Å². The molecule has 7 heteroatoms. The van der Waals surface area contributed by atoms with Crippen molar-refractivity contribution in [1.29, 1.82) is 0 Å². The van der Waals surface area contributed by atoms with E-state index in [9.17, 15) is 8.42 Å². The summed E-state index contributed by atoms with van der Waals surface area (Å²) in [6, 6.07) is 3.17. The lowest BCUT2D eigenvalue weighted by Gasteiger charge is -2.17. The fourth-order valence-electron chi connectivity index (χ4n) is 2.81. The predicted octanol–water partition coefficient (Wildman–Crippen LogP) is 0.978. The normalized spacial score (nSPS) is 19.9. The van der Waals surface area contributed by atoms with Crippen LogP contribution in [0.2, 0.25) is 0 Å². The van der Waals surface area contributed by atoms with Gasteiger partial charge in [0.15, 0.2) is 0 Å². The van der Waals surface area contributed by atoms with Crippen LogP contribution < -0.4 is 16.2 Å². The Morgan fingerprint density at radius 1 is 1.43 bits per heavy atom. The molecule has 1 atom stereocenters. The van der Waals surface area contributed by atoms with Crippen LogP contribution in [0.4, 0.5) is 11.4 Å². The minimum Gasteiger partial charge on any atom is -0.399 e. The van der Waals surface area contributed by atoms with Gasteiger partial charge in [0.2, 0.25) is 10.0 Å². The fraction of sp³-hybridized carbons (Fsp3) is 0.571. The second-order valence-electron chi connectivity index (χ2n) is 5.67. The second-order valence-corrected chi connectivity index (χ2v) is 7.20. The highest BCUT2D eigenvalue weighted by Crippen LogP contribution is 2.27. The molecule has 118 valence electrons. The van der Waals surface area contributed by atoms with Crippen molar-refractivity contribution in [2.75, 3.05) is 37.2 Å². The smallest absolute Gasteiger partial charge is 0.238 e. The van der Waals surface area contributed by atoms with E-state index in [0.29, 0.717) is 17.2 Å². The first-order valence-electron chi connectivity index (χ1n) is 7.20. The van der Waals surface area contributed by atoms with Crippen LogP contribution in [-0.4, -0.2) is 39.5 Å². The van der Waals surface area contributed by atoms with E-state index in [1.165, 1.54) is 6.07 Å². The standard InChI is InChI=1S/C14H24N4O2S/c1-3-18-5-4-11(9-18)8-17-13-6-12(15)7-14(10(13)2)21(16,19)20/h6-7,11,17H,3-5,8-9,15H2,1-2H3,(H2,16,19,20).